The normalized spacial score (nSPS) is 30.9. The quantitative estimate of drug-likeness (QED) is 0.289. The van der Waals surface area contributed by atoms with E-state index in [0.29, 0.717) is 12.8 Å². The molecule has 1 aromatic rings. The minimum Gasteiger partial charge on any atom is -0.466 e. The van der Waals surface area contributed by atoms with Crippen LogP contribution in [0.3, 0.4) is 0 Å². The van der Waals surface area contributed by atoms with Gasteiger partial charge in [0.25, 0.3) is 5.91 Å². The van der Waals surface area contributed by atoms with Crippen LogP contribution in [-0.2, 0) is 23.9 Å². The number of amides is 2. The molecule has 0 aromatic heterocycles. The number of aliphatic hydroxyl groups is 1. The van der Waals surface area contributed by atoms with Gasteiger partial charge in [-0.05, 0) is 44.7 Å². The zero-order valence-electron chi connectivity index (χ0n) is 20.4. The highest BCUT2D eigenvalue weighted by Crippen LogP contribution is 2.60. The van der Waals surface area contributed by atoms with E-state index in [0.717, 1.165) is 16.8 Å². The number of aliphatic hydroxyl groups excluding tert-OH is 1. The lowest BCUT2D eigenvalue weighted by Gasteiger charge is -2.37. The van der Waals surface area contributed by atoms with Gasteiger partial charge in [0, 0.05) is 30.2 Å². The van der Waals surface area contributed by atoms with Crippen molar-refractivity contribution in [1.29, 1.82) is 0 Å². The van der Waals surface area contributed by atoms with Crippen molar-refractivity contribution in [3.8, 4) is 0 Å². The summed E-state index contributed by atoms with van der Waals surface area (Å²) in [5.41, 5.74) is 1.48. The molecule has 0 saturated carbocycles. The van der Waals surface area contributed by atoms with Crippen LogP contribution in [0.4, 0.5) is 5.69 Å². The number of aryl methyl sites for hydroxylation is 2. The number of halogens is 1. The van der Waals surface area contributed by atoms with Gasteiger partial charge in [-0.3, -0.25) is 14.4 Å². The maximum absolute atomic E-state index is 14.4. The van der Waals surface area contributed by atoms with Crippen molar-refractivity contribution in [2.45, 2.75) is 56.2 Å². The molecule has 1 unspecified atom stereocenters. The summed E-state index contributed by atoms with van der Waals surface area (Å²) in [5.74, 6) is -2.65. The number of para-hydroxylation sites is 1. The fraction of sp³-hybridized carbons (Fsp3) is 0.577. The summed E-state index contributed by atoms with van der Waals surface area (Å²) in [4.78, 5) is 44.2. The Balaban J connectivity index is 1.82. The standard InChI is InChI=1S/C26H33BrN2O6/c1-5-11-28(20-15(3)9-7-10-16(20)4)24(32)22-26-14-17(27)21(35-26)18(25(33)34-6-2)19(26)23(31)29(22)12-8-13-30/h5,7,9-10,17-19,21-22,30H,1,6,8,11-14H2,2-4H3/t17?,18-,19+,21-,22-,26+/m0/s1. The van der Waals surface area contributed by atoms with Crippen LogP contribution in [0.2, 0.25) is 0 Å². The van der Waals surface area contributed by atoms with E-state index in [4.69, 9.17) is 9.47 Å². The summed E-state index contributed by atoms with van der Waals surface area (Å²) in [6, 6.07) is 4.89. The Bertz CT molecular complexity index is 1010. The highest BCUT2D eigenvalue weighted by Gasteiger charge is 2.77. The number of likely N-dealkylation sites (tertiary alicyclic amines) is 1. The van der Waals surface area contributed by atoms with Crippen LogP contribution < -0.4 is 4.90 Å². The van der Waals surface area contributed by atoms with Gasteiger partial charge >= 0.3 is 5.97 Å². The van der Waals surface area contributed by atoms with Crippen molar-refractivity contribution in [1.82, 2.24) is 4.90 Å². The predicted molar refractivity (Wildman–Crippen MR) is 134 cm³/mol. The maximum atomic E-state index is 14.4. The highest BCUT2D eigenvalue weighted by molar-refractivity contribution is 9.09. The van der Waals surface area contributed by atoms with E-state index >= 15 is 0 Å². The molecule has 3 aliphatic heterocycles. The number of carbonyl (C=O) groups is 3. The van der Waals surface area contributed by atoms with Gasteiger partial charge in [0.15, 0.2) is 0 Å². The van der Waals surface area contributed by atoms with Gasteiger partial charge in [-0.1, -0.05) is 40.2 Å². The van der Waals surface area contributed by atoms with Gasteiger partial charge in [-0.2, -0.15) is 0 Å². The molecule has 6 atom stereocenters. The van der Waals surface area contributed by atoms with Crippen LogP contribution in [0.5, 0.6) is 0 Å². The monoisotopic (exact) mass is 548 g/mol. The summed E-state index contributed by atoms with van der Waals surface area (Å²) in [7, 11) is 0. The SMILES string of the molecule is C=CCN(C(=O)[C@@H]1N(CCCO)C(=O)[C@H]2[C@H](C(=O)OCC)[C@H]3O[C@@]12CC3Br)c1c(C)cccc1C. The molecule has 2 amide bonds. The van der Waals surface area contributed by atoms with E-state index in [-0.39, 0.29) is 42.9 Å². The number of alkyl halides is 1. The molecule has 2 bridgehead atoms. The van der Waals surface area contributed by atoms with Gasteiger partial charge in [0.2, 0.25) is 5.91 Å². The third-order valence-electron chi connectivity index (χ3n) is 7.43. The number of esters is 1. The number of benzene rings is 1. The molecular weight excluding hydrogens is 516 g/mol. The molecule has 3 heterocycles. The molecule has 3 fully saturated rings. The molecule has 0 radical (unpaired) electrons. The number of fused-ring (bicyclic) bond motifs is 1. The van der Waals surface area contributed by atoms with Crippen molar-refractivity contribution in [2.24, 2.45) is 11.8 Å². The third kappa shape index (κ3) is 4.01. The van der Waals surface area contributed by atoms with Gasteiger partial charge < -0.3 is 24.4 Å². The molecule has 1 spiro atoms. The van der Waals surface area contributed by atoms with E-state index in [1.54, 1.807) is 17.9 Å². The lowest BCUT2D eigenvalue weighted by atomic mass is 9.70. The van der Waals surface area contributed by atoms with Crippen LogP contribution in [0.25, 0.3) is 0 Å². The van der Waals surface area contributed by atoms with Crippen molar-refractivity contribution < 1.29 is 29.0 Å². The Morgan fingerprint density at radius 1 is 1.37 bits per heavy atom. The fourth-order valence-electron chi connectivity index (χ4n) is 6.20. The average molecular weight is 549 g/mol. The first-order chi connectivity index (χ1) is 16.7. The van der Waals surface area contributed by atoms with Crippen LogP contribution in [-0.4, -0.2) is 76.7 Å². The van der Waals surface area contributed by atoms with Crippen LogP contribution in [0.15, 0.2) is 30.9 Å². The Kier molecular flexibility index (Phi) is 7.41. The van der Waals surface area contributed by atoms with Crippen molar-refractivity contribution in [3.05, 3.63) is 42.0 Å². The first-order valence-corrected chi connectivity index (χ1v) is 13.0. The van der Waals surface area contributed by atoms with E-state index in [9.17, 15) is 19.5 Å². The van der Waals surface area contributed by atoms with Gasteiger partial charge in [-0.25, -0.2) is 0 Å². The number of carbonyl (C=O) groups excluding carboxylic acids is 3. The number of ether oxygens (including phenoxy) is 2. The Labute approximate surface area is 214 Å². The predicted octanol–water partition coefficient (Wildman–Crippen LogP) is 2.52. The Morgan fingerprint density at radius 3 is 2.66 bits per heavy atom. The molecule has 0 aliphatic carbocycles. The van der Waals surface area contributed by atoms with Crippen LogP contribution >= 0.6 is 15.9 Å². The Hall–Kier alpha value is -2.23. The van der Waals surface area contributed by atoms with Crippen molar-refractivity contribution in [3.63, 3.8) is 0 Å². The van der Waals surface area contributed by atoms with Gasteiger partial charge in [0.1, 0.15) is 11.6 Å². The first kappa shape index (κ1) is 25.9. The van der Waals surface area contributed by atoms with E-state index in [1.807, 2.05) is 32.0 Å². The fourth-order valence-corrected chi connectivity index (χ4v) is 7.14. The summed E-state index contributed by atoms with van der Waals surface area (Å²) in [5, 5.41) is 9.51. The summed E-state index contributed by atoms with van der Waals surface area (Å²) in [6.45, 7) is 9.98. The minimum absolute atomic E-state index is 0.124. The topological polar surface area (TPSA) is 96.4 Å². The highest BCUT2D eigenvalue weighted by atomic mass is 79.9. The Morgan fingerprint density at radius 2 is 2.06 bits per heavy atom. The molecule has 8 nitrogen and oxygen atoms in total. The molecule has 35 heavy (non-hydrogen) atoms. The largest absolute Gasteiger partial charge is 0.466 e. The summed E-state index contributed by atoms with van der Waals surface area (Å²) >= 11 is 3.65. The van der Waals surface area contributed by atoms with Crippen molar-refractivity contribution in [2.75, 3.05) is 31.2 Å². The molecule has 1 aromatic carbocycles. The van der Waals surface area contributed by atoms with Crippen LogP contribution in [0, 0.1) is 25.7 Å². The maximum Gasteiger partial charge on any atom is 0.312 e. The zero-order valence-corrected chi connectivity index (χ0v) is 22.0. The minimum atomic E-state index is -1.16. The number of rotatable bonds is 9. The second-order valence-corrected chi connectivity index (χ2v) is 10.7. The lowest BCUT2D eigenvalue weighted by molar-refractivity contribution is -0.154. The summed E-state index contributed by atoms with van der Waals surface area (Å²) < 4.78 is 11.8. The molecule has 9 heteroatoms. The molecule has 190 valence electrons. The third-order valence-corrected chi connectivity index (χ3v) is 8.27. The molecule has 3 saturated heterocycles. The zero-order chi connectivity index (χ0) is 25.5. The van der Waals surface area contributed by atoms with Crippen molar-refractivity contribution >= 4 is 39.4 Å². The molecule has 1 N–H and O–H groups in total. The number of nitrogens with zero attached hydrogens (tertiary/aromatic N) is 2. The van der Waals surface area contributed by atoms with E-state index in [1.165, 1.54) is 4.90 Å². The molecule has 3 aliphatic rings. The molecular formula is C26H33BrN2O6. The molecule has 4 rings (SSSR count). The van der Waals surface area contributed by atoms with E-state index in [2.05, 4.69) is 22.5 Å². The van der Waals surface area contributed by atoms with E-state index < -0.39 is 35.6 Å². The number of hydrogen-bond donors (Lipinski definition) is 1. The number of hydrogen-bond acceptors (Lipinski definition) is 6. The smallest absolute Gasteiger partial charge is 0.312 e. The van der Waals surface area contributed by atoms with Gasteiger partial charge in [0.05, 0.1) is 24.5 Å². The second kappa shape index (κ2) is 10.0. The number of anilines is 1. The first-order valence-electron chi connectivity index (χ1n) is 12.1. The van der Waals surface area contributed by atoms with Crippen LogP contribution in [0.1, 0.15) is 30.9 Å². The second-order valence-electron chi connectivity index (χ2n) is 9.50. The van der Waals surface area contributed by atoms with Gasteiger partial charge in [-0.15, -0.1) is 6.58 Å². The average Bonchev–Trinajstić information content (AvgIpc) is 3.40. The summed E-state index contributed by atoms with van der Waals surface area (Å²) in [6.07, 6.45) is 1.85. The lowest BCUT2D eigenvalue weighted by Crippen LogP contribution is -2.57.